The lowest BCUT2D eigenvalue weighted by atomic mass is 9.62. The molecule has 126 valence electrons. The molecule has 2 fully saturated rings. The molecule has 2 aromatic rings. The fourth-order valence-electron chi connectivity index (χ4n) is 4.28. The van der Waals surface area contributed by atoms with Crippen LogP contribution in [0.3, 0.4) is 0 Å². The first kappa shape index (κ1) is 15.2. The van der Waals surface area contributed by atoms with Gasteiger partial charge < -0.3 is 14.7 Å². The van der Waals surface area contributed by atoms with Crippen LogP contribution in [0.2, 0.25) is 0 Å². The van der Waals surface area contributed by atoms with Crippen LogP contribution >= 0.6 is 0 Å². The predicted molar refractivity (Wildman–Crippen MR) is 88.1 cm³/mol. The van der Waals surface area contributed by atoms with Crippen LogP contribution < -0.4 is 5.32 Å². The van der Waals surface area contributed by atoms with Crippen LogP contribution in [0.25, 0.3) is 0 Å². The van der Waals surface area contributed by atoms with Crippen LogP contribution in [0.5, 0.6) is 0 Å². The Bertz CT molecular complexity index is 730. The molecule has 2 heterocycles. The van der Waals surface area contributed by atoms with Gasteiger partial charge in [0, 0.05) is 12.5 Å². The Kier molecular flexibility index (Phi) is 3.75. The zero-order chi connectivity index (χ0) is 16.6. The molecular formula is C18H22N4O2. The number of rotatable bonds is 3. The molecule has 1 N–H and O–H groups in total. The zero-order valence-electron chi connectivity index (χ0n) is 13.9. The van der Waals surface area contributed by atoms with Gasteiger partial charge in [-0.25, -0.2) is 4.79 Å². The quantitative estimate of drug-likeness (QED) is 0.941. The summed E-state index contributed by atoms with van der Waals surface area (Å²) in [6.45, 7) is 2.86. The monoisotopic (exact) mass is 326 g/mol. The molecule has 1 aliphatic carbocycles. The third kappa shape index (κ3) is 2.37. The van der Waals surface area contributed by atoms with E-state index in [1.54, 1.807) is 6.92 Å². The highest BCUT2D eigenvalue weighted by Gasteiger charge is 2.56. The molecule has 0 spiro atoms. The van der Waals surface area contributed by atoms with E-state index in [9.17, 15) is 4.79 Å². The fraction of sp³-hybridized carbons (Fsp3) is 0.500. The highest BCUT2D eigenvalue weighted by atomic mass is 16.5. The normalized spacial score (nSPS) is 25.7. The first-order chi connectivity index (χ1) is 11.7. The molecule has 1 saturated heterocycles. The molecule has 2 unspecified atom stereocenters. The van der Waals surface area contributed by atoms with Gasteiger partial charge in [0.25, 0.3) is 0 Å². The number of hydrogen-bond acceptors (Lipinski definition) is 4. The fourth-order valence-corrected chi connectivity index (χ4v) is 4.28. The number of aromatic nitrogens is 2. The largest absolute Gasteiger partial charge is 0.337 e. The van der Waals surface area contributed by atoms with Crippen molar-refractivity contribution >= 4 is 6.03 Å². The van der Waals surface area contributed by atoms with Crippen LogP contribution in [0, 0.1) is 12.8 Å². The molecule has 24 heavy (non-hydrogen) atoms. The van der Waals surface area contributed by atoms with Crippen molar-refractivity contribution in [1.29, 1.82) is 0 Å². The average molecular weight is 326 g/mol. The minimum absolute atomic E-state index is 0.0483. The molecule has 6 heteroatoms. The summed E-state index contributed by atoms with van der Waals surface area (Å²) in [5.74, 6) is 1.58. The van der Waals surface area contributed by atoms with Crippen molar-refractivity contribution in [3.8, 4) is 0 Å². The van der Waals surface area contributed by atoms with Crippen LogP contribution in [0.4, 0.5) is 4.79 Å². The first-order valence-corrected chi connectivity index (χ1v) is 8.60. The van der Waals surface area contributed by atoms with Gasteiger partial charge in [-0.1, -0.05) is 48.3 Å². The van der Waals surface area contributed by atoms with Gasteiger partial charge in [0.1, 0.15) is 0 Å². The number of carbonyl (C=O) groups excluding carboxylic acids is 1. The van der Waals surface area contributed by atoms with E-state index in [1.165, 1.54) is 18.4 Å². The second-order valence-corrected chi connectivity index (χ2v) is 6.74. The van der Waals surface area contributed by atoms with Crippen LogP contribution in [-0.2, 0) is 12.1 Å². The number of nitrogens with zero attached hydrogens (tertiary/aromatic N) is 3. The summed E-state index contributed by atoms with van der Waals surface area (Å²) in [7, 11) is 0. The smallest absolute Gasteiger partial charge is 0.318 e. The molecule has 4 rings (SSSR count). The van der Waals surface area contributed by atoms with Crippen molar-refractivity contribution in [2.75, 3.05) is 6.54 Å². The third-order valence-electron chi connectivity index (χ3n) is 5.40. The number of nitrogens with one attached hydrogen (secondary N) is 1. The van der Waals surface area contributed by atoms with Gasteiger partial charge in [-0.3, -0.25) is 0 Å². The van der Waals surface area contributed by atoms with Gasteiger partial charge in [-0.05, 0) is 25.3 Å². The molecule has 0 bridgehead atoms. The number of benzene rings is 1. The van der Waals surface area contributed by atoms with Crippen molar-refractivity contribution in [3.63, 3.8) is 0 Å². The summed E-state index contributed by atoms with van der Waals surface area (Å²) in [4.78, 5) is 18.9. The van der Waals surface area contributed by atoms with E-state index >= 15 is 0 Å². The highest BCUT2D eigenvalue weighted by molar-refractivity contribution is 5.76. The van der Waals surface area contributed by atoms with Gasteiger partial charge in [-0.2, -0.15) is 4.98 Å². The van der Waals surface area contributed by atoms with Crippen molar-refractivity contribution in [2.45, 2.75) is 44.7 Å². The standard InChI is InChI=1S/C18H22N4O2/c1-13-20-16(24-21-13)11-19-17(23)22-12-15-9-5-6-10-18(15,22)14-7-3-2-4-8-14/h2-4,7-8,15H,5-6,9-12H2,1H3,(H,19,23). The molecule has 1 aromatic carbocycles. The molecule has 2 aliphatic rings. The minimum atomic E-state index is -0.144. The lowest BCUT2D eigenvalue weighted by molar-refractivity contribution is -0.0795. The van der Waals surface area contributed by atoms with E-state index in [1.807, 2.05) is 11.0 Å². The topological polar surface area (TPSA) is 71.3 Å². The number of likely N-dealkylation sites (tertiary alicyclic amines) is 1. The van der Waals surface area contributed by atoms with E-state index in [4.69, 9.17) is 4.52 Å². The van der Waals surface area contributed by atoms with Crippen LogP contribution in [0.1, 0.15) is 43.0 Å². The maximum absolute atomic E-state index is 12.8. The van der Waals surface area contributed by atoms with E-state index in [-0.39, 0.29) is 18.1 Å². The molecule has 0 radical (unpaired) electrons. The van der Waals surface area contributed by atoms with Gasteiger partial charge in [0.2, 0.25) is 5.89 Å². The van der Waals surface area contributed by atoms with Crippen molar-refractivity contribution in [1.82, 2.24) is 20.4 Å². The number of fused-ring (bicyclic) bond motifs is 1. The lowest BCUT2D eigenvalue weighted by Gasteiger charge is -2.61. The molecule has 1 saturated carbocycles. The Morgan fingerprint density at radius 3 is 2.92 bits per heavy atom. The van der Waals surface area contributed by atoms with Crippen LogP contribution in [-0.4, -0.2) is 27.6 Å². The number of urea groups is 1. The number of aryl methyl sites for hydroxylation is 1. The summed E-state index contributed by atoms with van der Waals surface area (Å²) in [6, 6.07) is 10.4. The van der Waals surface area contributed by atoms with E-state index in [2.05, 4.69) is 39.7 Å². The zero-order valence-corrected chi connectivity index (χ0v) is 13.9. The number of hydrogen-bond donors (Lipinski definition) is 1. The Morgan fingerprint density at radius 1 is 1.38 bits per heavy atom. The third-order valence-corrected chi connectivity index (χ3v) is 5.40. The predicted octanol–water partition coefficient (Wildman–Crippen LogP) is 2.99. The lowest BCUT2D eigenvalue weighted by Crippen LogP contribution is -2.69. The Labute approximate surface area is 141 Å². The minimum Gasteiger partial charge on any atom is -0.337 e. The number of amides is 2. The van der Waals surface area contributed by atoms with Gasteiger partial charge >= 0.3 is 6.03 Å². The summed E-state index contributed by atoms with van der Waals surface area (Å²) in [6.07, 6.45) is 4.66. The Hall–Kier alpha value is -2.37. The van der Waals surface area contributed by atoms with E-state index < -0.39 is 0 Å². The van der Waals surface area contributed by atoms with Crippen molar-refractivity contribution in [2.24, 2.45) is 5.92 Å². The van der Waals surface area contributed by atoms with Crippen LogP contribution in [0.15, 0.2) is 34.9 Å². The summed E-state index contributed by atoms with van der Waals surface area (Å²) in [5, 5.41) is 6.68. The summed E-state index contributed by atoms with van der Waals surface area (Å²) < 4.78 is 5.07. The number of carbonyl (C=O) groups is 1. The van der Waals surface area contributed by atoms with E-state index in [0.717, 1.165) is 19.4 Å². The second kappa shape index (κ2) is 5.92. The molecule has 1 aliphatic heterocycles. The summed E-state index contributed by atoms with van der Waals surface area (Å²) in [5.41, 5.74) is 1.11. The molecule has 2 atom stereocenters. The first-order valence-electron chi connectivity index (χ1n) is 8.60. The Balaban J connectivity index is 1.52. The Morgan fingerprint density at radius 2 is 2.21 bits per heavy atom. The molecule has 6 nitrogen and oxygen atoms in total. The SMILES string of the molecule is Cc1noc(CNC(=O)N2CC3CCCCC32c2ccccc2)n1. The summed E-state index contributed by atoms with van der Waals surface area (Å²) >= 11 is 0. The van der Waals surface area contributed by atoms with Gasteiger partial charge in [0.15, 0.2) is 5.82 Å². The maximum atomic E-state index is 12.8. The second-order valence-electron chi connectivity index (χ2n) is 6.74. The van der Waals surface area contributed by atoms with E-state index in [0.29, 0.717) is 17.6 Å². The van der Waals surface area contributed by atoms with Crippen molar-refractivity contribution in [3.05, 3.63) is 47.6 Å². The molecule has 2 amide bonds. The highest BCUT2D eigenvalue weighted by Crippen LogP contribution is 2.53. The van der Waals surface area contributed by atoms with Gasteiger partial charge in [0.05, 0.1) is 12.1 Å². The van der Waals surface area contributed by atoms with Crippen molar-refractivity contribution < 1.29 is 9.32 Å². The molecular weight excluding hydrogens is 304 g/mol. The maximum Gasteiger partial charge on any atom is 0.318 e. The molecule has 1 aromatic heterocycles. The van der Waals surface area contributed by atoms with Gasteiger partial charge in [-0.15, -0.1) is 0 Å². The average Bonchev–Trinajstić information content (AvgIpc) is 3.00.